The van der Waals surface area contributed by atoms with Crippen molar-refractivity contribution in [2.75, 3.05) is 0 Å². The lowest BCUT2D eigenvalue weighted by molar-refractivity contribution is -0.150. The summed E-state index contributed by atoms with van der Waals surface area (Å²) in [4.78, 5) is 11.1. The first-order chi connectivity index (χ1) is 6.14. The Kier molecular flexibility index (Phi) is 3.34. The largest absolute Gasteiger partial charge is 0.481 e. The molecule has 0 amide bonds. The summed E-state index contributed by atoms with van der Waals surface area (Å²) in [6.45, 7) is 3.98. The van der Waals surface area contributed by atoms with Gasteiger partial charge in [0, 0.05) is 0 Å². The third kappa shape index (κ3) is 2.45. The van der Waals surface area contributed by atoms with Crippen LogP contribution < -0.4 is 0 Å². The molecule has 0 heterocycles. The molecule has 0 aromatic heterocycles. The van der Waals surface area contributed by atoms with Gasteiger partial charge < -0.3 is 5.11 Å². The van der Waals surface area contributed by atoms with Crippen LogP contribution in [-0.4, -0.2) is 11.1 Å². The third-order valence-electron chi connectivity index (χ3n) is 3.54. The van der Waals surface area contributed by atoms with Crippen LogP contribution in [0.2, 0.25) is 0 Å². The van der Waals surface area contributed by atoms with Crippen LogP contribution in [0.3, 0.4) is 0 Å². The van der Waals surface area contributed by atoms with E-state index in [1.807, 2.05) is 13.8 Å². The van der Waals surface area contributed by atoms with E-state index in [9.17, 15) is 4.79 Å². The number of carboxylic acid groups (broad SMARTS) is 1. The van der Waals surface area contributed by atoms with Crippen molar-refractivity contribution >= 4 is 5.97 Å². The van der Waals surface area contributed by atoms with Gasteiger partial charge in [0.2, 0.25) is 0 Å². The van der Waals surface area contributed by atoms with Crippen molar-refractivity contribution in [3.8, 4) is 0 Å². The minimum atomic E-state index is -0.599. The zero-order chi connectivity index (χ0) is 9.90. The molecule has 1 aliphatic carbocycles. The van der Waals surface area contributed by atoms with E-state index in [-0.39, 0.29) is 0 Å². The highest BCUT2D eigenvalue weighted by Crippen LogP contribution is 2.40. The number of aliphatic carboxylic acids is 1. The number of hydrogen-bond acceptors (Lipinski definition) is 1. The minimum absolute atomic E-state index is 0.428. The molecular weight excluding hydrogens is 164 g/mol. The molecule has 2 heteroatoms. The van der Waals surface area contributed by atoms with E-state index in [2.05, 4.69) is 0 Å². The summed E-state index contributed by atoms with van der Waals surface area (Å²) < 4.78 is 0. The standard InChI is InChI=1S/C11H20O2/c1-3-11(4-2,10(12)13)8-7-9-5-6-9/h9H,3-8H2,1-2H3,(H,12,13). The maximum Gasteiger partial charge on any atom is 0.309 e. The topological polar surface area (TPSA) is 37.3 Å². The monoisotopic (exact) mass is 184 g/mol. The Hall–Kier alpha value is -0.530. The quantitative estimate of drug-likeness (QED) is 0.688. The molecule has 0 radical (unpaired) electrons. The van der Waals surface area contributed by atoms with Crippen LogP contribution in [0.1, 0.15) is 52.4 Å². The second-order valence-electron chi connectivity index (χ2n) is 4.27. The predicted octanol–water partition coefficient (Wildman–Crippen LogP) is 3.07. The Morgan fingerprint density at radius 2 is 1.92 bits per heavy atom. The summed E-state index contributed by atoms with van der Waals surface area (Å²) in [5, 5.41) is 9.16. The van der Waals surface area contributed by atoms with E-state index >= 15 is 0 Å². The molecule has 1 rings (SSSR count). The van der Waals surface area contributed by atoms with Gasteiger partial charge in [0.05, 0.1) is 5.41 Å². The molecule has 0 bridgehead atoms. The van der Waals surface area contributed by atoms with Crippen molar-refractivity contribution in [1.82, 2.24) is 0 Å². The van der Waals surface area contributed by atoms with E-state index in [0.717, 1.165) is 31.6 Å². The van der Waals surface area contributed by atoms with Crippen molar-refractivity contribution in [2.45, 2.75) is 52.4 Å². The Balaban J connectivity index is 2.47. The smallest absolute Gasteiger partial charge is 0.309 e. The van der Waals surface area contributed by atoms with Gasteiger partial charge in [-0.25, -0.2) is 0 Å². The Bertz CT molecular complexity index is 179. The average molecular weight is 184 g/mol. The minimum Gasteiger partial charge on any atom is -0.481 e. The number of rotatable bonds is 6. The van der Waals surface area contributed by atoms with Crippen molar-refractivity contribution in [3.63, 3.8) is 0 Å². The summed E-state index contributed by atoms with van der Waals surface area (Å²) in [7, 11) is 0. The third-order valence-corrected chi connectivity index (χ3v) is 3.54. The molecule has 0 aliphatic heterocycles. The Morgan fingerprint density at radius 3 is 2.23 bits per heavy atom. The fourth-order valence-corrected chi connectivity index (χ4v) is 1.90. The molecule has 2 nitrogen and oxygen atoms in total. The van der Waals surface area contributed by atoms with E-state index in [1.54, 1.807) is 0 Å². The summed E-state index contributed by atoms with van der Waals surface area (Å²) in [5.74, 6) is 0.245. The summed E-state index contributed by atoms with van der Waals surface area (Å²) >= 11 is 0. The second kappa shape index (κ2) is 4.12. The molecule has 0 aromatic carbocycles. The van der Waals surface area contributed by atoms with Crippen molar-refractivity contribution in [1.29, 1.82) is 0 Å². The average Bonchev–Trinajstić information content (AvgIpc) is 2.90. The molecule has 1 N–H and O–H groups in total. The van der Waals surface area contributed by atoms with Gasteiger partial charge in [-0.3, -0.25) is 4.79 Å². The number of hydrogen-bond donors (Lipinski definition) is 1. The Labute approximate surface area is 80.3 Å². The molecule has 0 spiro atoms. The maximum absolute atomic E-state index is 11.1. The molecule has 0 aromatic rings. The van der Waals surface area contributed by atoms with Crippen molar-refractivity contribution in [2.24, 2.45) is 11.3 Å². The lowest BCUT2D eigenvalue weighted by Crippen LogP contribution is -2.29. The molecule has 0 atom stereocenters. The van der Waals surface area contributed by atoms with Crippen LogP contribution in [0.4, 0.5) is 0 Å². The molecule has 1 aliphatic rings. The first-order valence-electron chi connectivity index (χ1n) is 5.38. The molecule has 0 unspecified atom stereocenters. The van der Waals surface area contributed by atoms with Crippen LogP contribution in [0.5, 0.6) is 0 Å². The van der Waals surface area contributed by atoms with Crippen LogP contribution in [0.25, 0.3) is 0 Å². The van der Waals surface area contributed by atoms with Gasteiger partial charge in [-0.15, -0.1) is 0 Å². The van der Waals surface area contributed by atoms with Crippen LogP contribution >= 0.6 is 0 Å². The molecule has 76 valence electrons. The van der Waals surface area contributed by atoms with E-state index in [0.29, 0.717) is 0 Å². The molecule has 0 saturated heterocycles. The van der Waals surface area contributed by atoms with Crippen molar-refractivity contribution in [3.05, 3.63) is 0 Å². The van der Waals surface area contributed by atoms with E-state index in [4.69, 9.17) is 5.11 Å². The number of carboxylic acids is 1. The lowest BCUT2D eigenvalue weighted by atomic mass is 9.78. The maximum atomic E-state index is 11.1. The highest BCUT2D eigenvalue weighted by Gasteiger charge is 2.36. The first kappa shape index (κ1) is 10.6. The zero-order valence-electron chi connectivity index (χ0n) is 8.68. The van der Waals surface area contributed by atoms with Gasteiger partial charge in [-0.05, 0) is 31.6 Å². The molecular formula is C11H20O2. The normalized spacial score (nSPS) is 17.4. The van der Waals surface area contributed by atoms with Crippen LogP contribution in [0, 0.1) is 11.3 Å². The molecule has 13 heavy (non-hydrogen) atoms. The highest BCUT2D eigenvalue weighted by atomic mass is 16.4. The van der Waals surface area contributed by atoms with Crippen LogP contribution in [-0.2, 0) is 4.79 Å². The van der Waals surface area contributed by atoms with E-state index < -0.39 is 11.4 Å². The fourth-order valence-electron chi connectivity index (χ4n) is 1.90. The predicted molar refractivity (Wildman–Crippen MR) is 52.6 cm³/mol. The first-order valence-corrected chi connectivity index (χ1v) is 5.38. The lowest BCUT2D eigenvalue weighted by Gasteiger charge is -2.26. The van der Waals surface area contributed by atoms with Gasteiger partial charge in [0.1, 0.15) is 0 Å². The highest BCUT2D eigenvalue weighted by molar-refractivity contribution is 5.74. The zero-order valence-corrected chi connectivity index (χ0v) is 8.68. The summed E-state index contributed by atoms with van der Waals surface area (Å²) in [5.41, 5.74) is -0.428. The van der Waals surface area contributed by atoms with Gasteiger partial charge in [-0.1, -0.05) is 26.7 Å². The van der Waals surface area contributed by atoms with Gasteiger partial charge in [0.15, 0.2) is 0 Å². The summed E-state index contributed by atoms with van der Waals surface area (Å²) in [6, 6.07) is 0. The Morgan fingerprint density at radius 1 is 1.38 bits per heavy atom. The molecule has 1 fully saturated rings. The van der Waals surface area contributed by atoms with Gasteiger partial charge in [0.25, 0.3) is 0 Å². The number of carbonyl (C=O) groups is 1. The van der Waals surface area contributed by atoms with Crippen molar-refractivity contribution < 1.29 is 9.90 Å². The SMILES string of the molecule is CCC(CC)(CCC1CC1)C(=O)O. The summed E-state index contributed by atoms with van der Waals surface area (Å²) in [6.07, 6.45) is 6.18. The second-order valence-corrected chi connectivity index (χ2v) is 4.27. The van der Waals surface area contributed by atoms with Crippen LogP contribution in [0.15, 0.2) is 0 Å². The van der Waals surface area contributed by atoms with E-state index in [1.165, 1.54) is 12.8 Å². The fraction of sp³-hybridized carbons (Fsp3) is 0.909. The molecule has 1 saturated carbocycles. The van der Waals surface area contributed by atoms with Gasteiger partial charge >= 0.3 is 5.97 Å². The van der Waals surface area contributed by atoms with Gasteiger partial charge in [-0.2, -0.15) is 0 Å².